The molecule has 1 fully saturated rings. The van der Waals surface area contributed by atoms with Crippen LogP contribution in [0.4, 0.5) is 5.82 Å². The van der Waals surface area contributed by atoms with Crippen molar-refractivity contribution in [2.24, 2.45) is 12.8 Å². The van der Waals surface area contributed by atoms with Gasteiger partial charge in [0.15, 0.2) is 0 Å². The van der Waals surface area contributed by atoms with Gasteiger partial charge < -0.3 is 15.4 Å². The summed E-state index contributed by atoms with van der Waals surface area (Å²) in [6, 6.07) is 0.151. The van der Waals surface area contributed by atoms with Gasteiger partial charge in [-0.05, 0) is 40.0 Å². The average Bonchev–Trinajstić information content (AvgIpc) is 2.96. The first kappa shape index (κ1) is 15.3. The summed E-state index contributed by atoms with van der Waals surface area (Å²) in [5.41, 5.74) is 8.36. The maximum absolute atomic E-state index is 6.00. The van der Waals surface area contributed by atoms with E-state index in [9.17, 15) is 0 Å². The summed E-state index contributed by atoms with van der Waals surface area (Å²) >= 11 is 0. The van der Waals surface area contributed by atoms with Crippen LogP contribution in [0.1, 0.15) is 37.9 Å². The molecule has 1 aromatic heterocycles. The zero-order valence-corrected chi connectivity index (χ0v) is 13.2. The molecule has 114 valence electrons. The van der Waals surface area contributed by atoms with Crippen molar-refractivity contribution in [3.05, 3.63) is 11.3 Å². The lowest BCUT2D eigenvalue weighted by molar-refractivity contribution is 0.115. The third-order valence-electron chi connectivity index (χ3n) is 3.97. The first-order valence-electron chi connectivity index (χ1n) is 7.67. The Morgan fingerprint density at radius 3 is 2.85 bits per heavy atom. The second kappa shape index (κ2) is 6.59. The van der Waals surface area contributed by atoms with Gasteiger partial charge >= 0.3 is 0 Å². The molecule has 1 aliphatic heterocycles. The van der Waals surface area contributed by atoms with Crippen LogP contribution in [-0.2, 0) is 18.2 Å². The number of likely N-dealkylation sites (N-methyl/N-ethyl adjacent to an activating group) is 1. The molecule has 0 saturated carbocycles. The molecule has 1 saturated heterocycles. The van der Waals surface area contributed by atoms with E-state index in [1.807, 2.05) is 18.7 Å². The third kappa shape index (κ3) is 3.33. The summed E-state index contributed by atoms with van der Waals surface area (Å²) in [4.78, 5) is 2.38. The number of ether oxygens (including phenoxy) is 1. The van der Waals surface area contributed by atoms with Gasteiger partial charge in [0.25, 0.3) is 0 Å². The molecule has 2 unspecified atom stereocenters. The van der Waals surface area contributed by atoms with Crippen molar-refractivity contribution in [1.29, 1.82) is 0 Å². The fourth-order valence-electron chi connectivity index (χ4n) is 3.05. The molecule has 1 aliphatic rings. The van der Waals surface area contributed by atoms with Crippen LogP contribution in [0.3, 0.4) is 0 Å². The van der Waals surface area contributed by atoms with Crippen molar-refractivity contribution < 1.29 is 4.74 Å². The molecule has 0 radical (unpaired) electrons. The van der Waals surface area contributed by atoms with Gasteiger partial charge in [0.2, 0.25) is 0 Å². The third-order valence-corrected chi connectivity index (χ3v) is 3.97. The van der Waals surface area contributed by atoms with Crippen LogP contribution in [0, 0.1) is 6.92 Å². The Balaban J connectivity index is 2.22. The maximum atomic E-state index is 6.00. The van der Waals surface area contributed by atoms with Crippen molar-refractivity contribution in [3.8, 4) is 0 Å². The normalized spacial score (nSPS) is 20.4. The number of nitrogens with zero attached hydrogens (tertiary/aromatic N) is 3. The van der Waals surface area contributed by atoms with E-state index in [0.29, 0.717) is 6.10 Å². The second-order valence-corrected chi connectivity index (χ2v) is 5.87. The highest BCUT2D eigenvalue weighted by atomic mass is 16.5. The van der Waals surface area contributed by atoms with Crippen LogP contribution in [-0.4, -0.2) is 41.6 Å². The number of hydrogen-bond donors (Lipinski definition) is 1. The Hall–Kier alpha value is -1.07. The minimum Gasteiger partial charge on any atom is -0.376 e. The van der Waals surface area contributed by atoms with Crippen LogP contribution in [0.25, 0.3) is 0 Å². The Morgan fingerprint density at radius 2 is 2.30 bits per heavy atom. The number of aromatic nitrogens is 2. The molecule has 2 atom stereocenters. The van der Waals surface area contributed by atoms with Gasteiger partial charge in [0, 0.05) is 38.3 Å². The van der Waals surface area contributed by atoms with E-state index in [-0.39, 0.29) is 6.04 Å². The van der Waals surface area contributed by atoms with E-state index in [0.717, 1.165) is 38.2 Å². The Kier molecular flexibility index (Phi) is 5.05. The van der Waals surface area contributed by atoms with E-state index in [1.54, 1.807) is 0 Å². The molecule has 1 aromatic rings. The molecule has 5 nitrogen and oxygen atoms in total. The summed E-state index contributed by atoms with van der Waals surface area (Å²) < 4.78 is 7.77. The molecular formula is C15H28N4O. The van der Waals surface area contributed by atoms with Crippen LogP contribution in [0.15, 0.2) is 0 Å². The topological polar surface area (TPSA) is 56.3 Å². The first-order valence-corrected chi connectivity index (χ1v) is 7.67. The fourth-order valence-corrected chi connectivity index (χ4v) is 3.05. The van der Waals surface area contributed by atoms with Gasteiger partial charge in [-0.2, -0.15) is 5.10 Å². The molecule has 2 N–H and O–H groups in total. The zero-order valence-electron chi connectivity index (χ0n) is 13.2. The lowest BCUT2D eigenvalue weighted by atomic mass is 10.1. The van der Waals surface area contributed by atoms with Gasteiger partial charge in [-0.3, -0.25) is 4.68 Å². The standard InChI is InChI=1S/C15H28N4O/c1-5-19(10-13-7-6-8-20-13)15-14(9-11(2)16)12(3)17-18(15)4/h11,13H,5-10,16H2,1-4H3. The maximum Gasteiger partial charge on any atom is 0.130 e. The van der Waals surface area contributed by atoms with Crippen molar-refractivity contribution in [2.45, 2.75) is 52.2 Å². The molecule has 2 rings (SSSR count). The van der Waals surface area contributed by atoms with Gasteiger partial charge in [-0.25, -0.2) is 0 Å². The van der Waals surface area contributed by atoms with Crippen LogP contribution in [0.5, 0.6) is 0 Å². The largest absolute Gasteiger partial charge is 0.376 e. The van der Waals surface area contributed by atoms with Gasteiger partial charge in [0.05, 0.1) is 11.8 Å². The smallest absolute Gasteiger partial charge is 0.130 e. The molecule has 0 bridgehead atoms. The van der Waals surface area contributed by atoms with E-state index in [4.69, 9.17) is 10.5 Å². The molecule has 20 heavy (non-hydrogen) atoms. The molecule has 0 aromatic carbocycles. The van der Waals surface area contributed by atoms with Crippen molar-refractivity contribution in [3.63, 3.8) is 0 Å². The van der Waals surface area contributed by atoms with Gasteiger partial charge in [0.1, 0.15) is 5.82 Å². The molecule has 0 spiro atoms. The Morgan fingerprint density at radius 1 is 1.55 bits per heavy atom. The number of anilines is 1. The number of hydrogen-bond acceptors (Lipinski definition) is 4. The minimum atomic E-state index is 0.151. The summed E-state index contributed by atoms with van der Waals surface area (Å²) in [5, 5.41) is 4.59. The molecule has 0 aliphatic carbocycles. The summed E-state index contributed by atoms with van der Waals surface area (Å²) in [6.45, 7) is 9.12. The lowest BCUT2D eigenvalue weighted by Crippen LogP contribution is -2.34. The predicted molar refractivity (Wildman–Crippen MR) is 82.2 cm³/mol. The van der Waals surface area contributed by atoms with Crippen LogP contribution in [0.2, 0.25) is 0 Å². The van der Waals surface area contributed by atoms with E-state index in [2.05, 4.69) is 23.8 Å². The molecule has 2 heterocycles. The monoisotopic (exact) mass is 280 g/mol. The van der Waals surface area contributed by atoms with Crippen LogP contribution < -0.4 is 10.6 Å². The first-order chi connectivity index (χ1) is 9.52. The average molecular weight is 280 g/mol. The highest BCUT2D eigenvalue weighted by Crippen LogP contribution is 2.26. The highest BCUT2D eigenvalue weighted by molar-refractivity contribution is 5.50. The van der Waals surface area contributed by atoms with Gasteiger partial charge in [-0.15, -0.1) is 0 Å². The van der Waals surface area contributed by atoms with E-state index >= 15 is 0 Å². The van der Waals surface area contributed by atoms with Crippen LogP contribution >= 0.6 is 0 Å². The second-order valence-electron chi connectivity index (χ2n) is 5.87. The lowest BCUT2D eigenvalue weighted by Gasteiger charge is -2.27. The van der Waals surface area contributed by atoms with Crippen molar-refractivity contribution >= 4 is 5.82 Å². The summed E-state index contributed by atoms with van der Waals surface area (Å²) in [6.07, 6.45) is 3.57. The number of rotatable bonds is 6. The Bertz CT molecular complexity index is 435. The minimum absolute atomic E-state index is 0.151. The van der Waals surface area contributed by atoms with Crippen molar-refractivity contribution in [2.75, 3.05) is 24.6 Å². The number of aryl methyl sites for hydroxylation is 2. The predicted octanol–water partition coefficient (Wildman–Crippen LogP) is 1.62. The SMILES string of the molecule is CCN(CC1CCCO1)c1c(CC(C)N)c(C)nn1C. The van der Waals surface area contributed by atoms with Crippen molar-refractivity contribution in [1.82, 2.24) is 9.78 Å². The zero-order chi connectivity index (χ0) is 14.7. The Labute approximate surface area is 122 Å². The molecular weight excluding hydrogens is 252 g/mol. The molecule has 5 heteroatoms. The van der Waals surface area contributed by atoms with Gasteiger partial charge in [-0.1, -0.05) is 0 Å². The molecule has 0 amide bonds. The fraction of sp³-hybridized carbons (Fsp3) is 0.800. The highest BCUT2D eigenvalue weighted by Gasteiger charge is 2.24. The van der Waals surface area contributed by atoms with E-state index in [1.165, 1.54) is 17.8 Å². The summed E-state index contributed by atoms with van der Waals surface area (Å²) in [7, 11) is 2.02. The number of nitrogens with two attached hydrogens (primary N) is 1. The quantitative estimate of drug-likeness (QED) is 0.860. The summed E-state index contributed by atoms with van der Waals surface area (Å²) in [5.74, 6) is 1.21. The van der Waals surface area contributed by atoms with E-state index < -0.39 is 0 Å².